The summed E-state index contributed by atoms with van der Waals surface area (Å²) in [6, 6.07) is 16.1. The Kier molecular flexibility index (Phi) is 16.3. The maximum atomic E-state index is 6.11. The van der Waals surface area contributed by atoms with Gasteiger partial charge in [-0.2, -0.15) is 0 Å². The molecule has 3 rings (SSSR count). The third-order valence-electron chi connectivity index (χ3n) is 6.83. The van der Waals surface area contributed by atoms with Crippen LogP contribution in [-0.4, -0.2) is 90.6 Å². The molecule has 1 heterocycles. The molecule has 1 saturated heterocycles. The van der Waals surface area contributed by atoms with Gasteiger partial charge in [0.1, 0.15) is 0 Å². The van der Waals surface area contributed by atoms with Gasteiger partial charge in [-0.3, -0.25) is 0 Å². The Morgan fingerprint density at radius 2 is 1.05 bits per heavy atom. The summed E-state index contributed by atoms with van der Waals surface area (Å²) in [5.74, 6) is 0. The lowest BCUT2D eigenvalue weighted by molar-refractivity contribution is 0.277. The van der Waals surface area contributed by atoms with Crippen molar-refractivity contribution in [2.75, 3.05) is 85.1 Å². The van der Waals surface area contributed by atoms with Gasteiger partial charge in [0.2, 0.25) is 0 Å². The molecule has 1 aliphatic heterocycles. The molecule has 0 atom stereocenters. The largest absolute Gasteiger partial charge is 0.315 e. The van der Waals surface area contributed by atoms with Crippen molar-refractivity contribution in [3.63, 3.8) is 0 Å². The van der Waals surface area contributed by atoms with Crippen LogP contribution in [0.4, 0.5) is 0 Å². The van der Waals surface area contributed by atoms with Crippen LogP contribution in [0.3, 0.4) is 0 Å². The molecule has 8 nitrogen and oxygen atoms in total. The second-order valence-electron chi connectivity index (χ2n) is 10.2. The maximum Gasteiger partial charge on any atom is 0.0561 e. The molecule has 0 bridgehead atoms. The van der Waals surface area contributed by atoms with E-state index in [1.165, 1.54) is 11.1 Å². The van der Waals surface area contributed by atoms with E-state index in [1.54, 1.807) is 0 Å². The molecule has 0 aliphatic carbocycles. The van der Waals surface area contributed by atoms with Crippen LogP contribution in [0.25, 0.3) is 0 Å². The molecule has 8 N–H and O–H groups in total. The normalized spacial score (nSPS) is 17.5. The van der Waals surface area contributed by atoms with Crippen LogP contribution >= 0.6 is 23.2 Å². The van der Waals surface area contributed by atoms with Gasteiger partial charge >= 0.3 is 0 Å². The van der Waals surface area contributed by atoms with E-state index >= 15 is 0 Å². The van der Waals surface area contributed by atoms with Crippen molar-refractivity contribution in [2.24, 2.45) is 0 Å². The van der Waals surface area contributed by atoms with Gasteiger partial charge in [-0.15, -0.1) is 0 Å². The summed E-state index contributed by atoms with van der Waals surface area (Å²) in [5.41, 5.74) is 2.34. The number of hydrogen-bond donors (Lipinski definition) is 8. The molecular formula is C29H48Cl2N8. The summed E-state index contributed by atoms with van der Waals surface area (Å²) < 4.78 is 0. The average Bonchev–Trinajstić information content (AvgIpc) is 2.95. The number of hydrogen-bond acceptors (Lipinski definition) is 8. The number of benzene rings is 2. The second-order valence-corrected chi connectivity index (χ2v) is 11.1. The number of rotatable bonds is 13. The predicted molar refractivity (Wildman–Crippen MR) is 166 cm³/mol. The Morgan fingerprint density at radius 3 is 1.64 bits per heavy atom. The average molecular weight is 580 g/mol. The maximum absolute atomic E-state index is 6.11. The van der Waals surface area contributed by atoms with Crippen molar-refractivity contribution in [1.82, 2.24) is 42.5 Å². The molecular weight excluding hydrogens is 531 g/mol. The molecule has 2 aromatic rings. The quantitative estimate of drug-likeness (QED) is 0.170. The van der Waals surface area contributed by atoms with Crippen LogP contribution in [0.1, 0.15) is 17.5 Å². The molecule has 218 valence electrons. The third-order valence-corrected chi connectivity index (χ3v) is 7.34. The summed E-state index contributed by atoms with van der Waals surface area (Å²) >= 11 is 12.1. The van der Waals surface area contributed by atoms with E-state index in [2.05, 4.69) is 66.8 Å². The monoisotopic (exact) mass is 578 g/mol. The first-order valence-corrected chi connectivity index (χ1v) is 15.1. The molecule has 0 amide bonds. The minimum Gasteiger partial charge on any atom is -0.315 e. The fourth-order valence-electron chi connectivity index (χ4n) is 4.51. The minimum atomic E-state index is -0.135. The Balaban J connectivity index is 1.43. The van der Waals surface area contributed by atoms with Crippen LogP contribution < -0.4 is 42.5 Å². The first-order valence-electron chi connectivity index (χ1n) is 14.3. The molecule has 39 heavy (non-hydrogen) atoms. The molecule has 0 spiro atoms. The lowest BCUT2D eigenvalue weighted by Crippen LogP contribution is -2.64. The predicted octanol–water partition coefficient (Wildman–Crippen LogP) is 1.55. The summed E-state index contributed by atoms with van der Waals surface area (Å²) in [4.78, 5) is 0. The van der Waals surface area contributed by atoms with Crippen LogP contribution in [0, 0.1) is 0 Å². The molecule has 1 fully saturated rings. The Morgan fingerprint density at radius 1 is 0.564 bits per heavy atom. The molecule has 2 aromatic carbocycles. The van der Waals surface area contributed by atoms with Gasteiger partial charge in [0, 0.05) is 95.1 Å². The van der Waals surface area contributed by atoms with E-state index in [0.29, 0.717) is 0 Å². The van der Waals surface area contributed by atoms with Crippen molar-refractivity contribution < 1.29 is 0 Å². The standard InChI is InChI=1S/C29H48Cl2N8/c30-27-6-2-25(3-7-27)20-35-16-12-34-15-19-38-24-29(39-21-26-4-8-28(31)9-5-26)22-36-17-13-32-10-1-11-33-14-18-37-23-29/h2-9,32-39H,1,10-24H2. The minimum absolute atomic E-state index is 0.135. The van der Waals surface area contributed by atoms with Gasteiger partial charge < -0.3 is 42.5 Å². The topological polar surface area (TPSA) is 96.2 Å². The smallest absolute Gasteiger partial charge is 0.0561 e. The highest BCUT2D eigenvalue weighted by molar-refractivity contribution is 6.30. The molecule has 0 saturated carbocycles. The summed E-state index contributed by atoms with van der Waals surface area (Å²) in [6.07, 6.45) is 1.16. The molecule has 0 unspecified atom stereocenters. The molecule has 0 aromatic heterocycles. The number of nitrogens with one attached hydrogen (secondary N) is 8. The van der Waals surface area contributed by atoms with Crippen LogP contribution in [-0.2, 0) is 13.1 Å². The van der Waals surface area contributed by atoms with Crippen molar-refractivity contribution in [1.29, 1.82) is 0 Å². The molecule has 0 radical (unpaired) electrons. The van der Waals surface area contributed by atoms with Crippen LogP contribution in [0.15, 0.2) is 48.5 Å². The van der Waals surface area contributed by atoms with E-state index in [-0.39, 0.29) is 5.54 Å². The summed E-state index contributed by atoms with van der Waals surface area (Å²) in [6.45, 7) is 13.9. The number of halogens is 2. The third kappa shape index (κ3) is 14.2. The van der Waals surface area contributed by atoms with Gasteiger partial charge in [-0.1, -0.05) is 47.5 Å². The van der Waals surface area contributed by atoms with E-state index in [4.69, 9.17) is 23.2 Å². The lowest BCUT2D eigenvalue weighted by Gasteiger charge is -2.36. The van der Waals surface area contributed by atoms with Gasteiger partial charge in [0.15, 0.2) is 0 Å². The SMILES string of the molecule is Clc1ccc(CNCCNCCNCC2(NCc3ccc(Cl)cc3)CNCCNCCCNCCNC2)cc1. The Labute approximate surface area is 245 Å². The van der Waals surface area contributed by atoms with Crippen molar-refractivity contribution in [3.8, 4) is 0 Å². The summed E-state index contributed by atoms with van der Waals surface area (Å²) in [5, 5.41) is 30.6. The van der Waals surface area contributed by atoms with Gasteiger partial charge in [-0.05, 0) is 54.9 Å². The Hall–Kier alpha value is -1.30. The highest BCUT2D eigenvalue weighted by atomic mass is 35.5. The molecule has 10 heteroatoms. The van der Waals surface area contributed by atoms with E-state index < -0.39 is 0 Å². The second kappa shape index (κ2) is 19.7. The van der Waals surface area contributed by atoms with Gasteiger partial charge in [0.05, 0.1) is 5.54 Å². The van der Waals surface area contributed by atoms with Crippen LogP contribution in [0.5, 0.6) is 0 Å². The highest BCUT2D eigenvalue weighted by Gasteiger charge is 2.28. The fraction of sp³-hybridized carbons (Fsp3) is 0.586. The van der Waals surface area contributed by atoms with E-state index in [9.17, 15) is 0 Å². The van der Waals surface area contributed by atoms with Gasteiger partial charge in [-0.25, -0.2) is 0 Å². The Bertz CT molecular complexity index is 868. The van der Waals surface area contributed by atoms with Crippen molar-refractivity contribution in [3.05, 3.63) is 69.7 Å². The van der Waals surface area contributed by atoms with Crippen LogP contribution in [0.2, 0.25) is 10.0 Å². The zero-order valence-corrected chi connectivity index (χ0v) is 24.7. The summed E-state index contributed by atoms with van der Waals surface area (Å²) in [7, 11) is 0. The van der Waals surface area contributed by atoms with E-state index in [1.807, 2.05) is 24.3 Å². The molecule has 1 aliphatic rings. The zero-order chi connectivity index (χ0) is 27.4. The first kappa shape index (κ1) is 32.2. The van der Waals surface area contributed by atoms with E-state index in [0.717, 1.165) is 115 Å². The van der Waals surface area contributed by atoms with Gasteiger partial charge in [0.25, 0.3) is 0 Å². The zero-order valence-electron chi connectivity index (χ0n) is 23.2. The van der Waals surface area contributed by atoms with Crippen molar-refractivity contribution >= 4 is 23.2 Å². The van der Waals surface area contributed by atoms with Crippen molar-refractivity contribution in [2.45, 2.75) is 25.0 Å². The lowest BCUT2D eigenvalue weighted by atomic mass is 9.97. The fourth-order valence-corrected chi connectivity index (χ4v) is 4.76. The highest BCUT2D eigenvalue weighted by Crippen LogP contribution is 2.11. The first-order chi connectivity index (χ1) is 19.2.